The number of aryl methyl sites for hydroxylation is 1. The van der Waals surface area contributed by atoms with E-state index in [0.717, 1.165) is 37.9 Å². The molecule has 0 aromatic heterocycles. The predicted molar refractivity (Wildman–Crippen MR) is 111 cm³/mol. The largest absolute Gasteiger partial charge is 0.489 e. The van der Waals surface area contributed by atoms with Gasteiger partial charge in [-0.3, -0.25) is 9.59 Å². The summed E-state index contributed by atoms with van der Waals surface area (Å²) < 4.78 is 11.3. The molecule has 0 unspecified atom stereocenters. The second-order valence-electron chi connectivity index (χ2n) is 7.29. The highest BCUT2D eigenvalue weighted by molar-refractivity contribution is 6.32. The Balaban J connectivity index is 1.63. The number of likely N-dealkylation sites (tertiary alicyclic amines) is 1. The van der Waals surface area contributed by atoms with Crippen LogP contribution in [0.15, 0.2) is 30.3 Å². The number of para-hydroxylation sites is 1. The lowest BCUT2D eigenvalue weighted by atomic mass is 10.1. The number of halogens is 1. The smallest absolute Gasteiger partial charge is 0.255 e. The lowest BCUT2D eigenvalue weighted by molar-refractivity contribution is 0.0793. The van der Waals surface area contributed by atoms with Crippen LogP contribution in [0.3, 0.4) is 0 Å². The van der Waals surface area contributed by atoms with Crippen LogP contribution in [0.2, 0.25) is 5.02 Å². The molecule has 29 heavy (non-hydrogen) atoms. The molecule has 2 aliphatic heterocycles. The zero-order valence-corrected chi connectivity index (χ0v) is 17.1. The van der Waals surface area contributed by atoms with Gasteiger partial charge >= 0.3 is 0 Å². The summed E-state index contributed by atoms with van der Waals surface area (Å²) in [7, 11) is 0. The Bertz CT molecular complexity index is 954. The van der Waals surface area contributed by atoms with Crippen molar-refractivity contribution in [2.24, 2.45) is 0 Å². The lowest BCUT2D eigenvalue weighted by Gasteiger charge is -2.19. The van der Waals surface area contributed by atoms with Crippen molar-refractivity contribution >= 4 is 29.1 Å². The molecule has 2 heterocycles. The van der Waals surface area contributed by atoms with Gasteiger partial charge < -0.3 is 19.7 Å². The average molecular weight is 415 g/mol. The third-order valence-electron chi connectivity index (χ3n) is 5.20. The SMILES string of the molecule is Cc1cccc(C(=O)N2CCCC2)c1NC(=O)c1cc(Cl)c2c(c1)OCCCO2. The molecule has 2 amide bonds. The summed E-state index contributed by atoms with van der Waals surface area (Å²) in [6.45, 7) is 4.39. The van der Waals surface area contributed by atoms with E-state index in [9.17, 15) is 9.59 Å². The lowest BCUT2D eigenvalue weighted by Crippen LogP contribution is -2.29. The molecule has 7 heteroatoms. The first kappa shape index (κ1) is 19.6. The molecule has 0 saturated carbocycles. The second-order valence-corrected chi connectivity index (χ2v) is 7.69. The summed E-state index contributed by atoms with van der Waals surface area (Å²) in [4.78, 5) is 27.8. The van der Waals surface area contributed by atoms with Crippen molar-refractivity contribution in [2.45, 2.75) is 26.2 Å². The van der Waals surface area contributed by atoms with Crippen LogP contribution in [0.1, 0.15) is 45.5 Å². The summed E-state index contributed by atoms with van der Waals surface area (Å²) in [5, 5.41) is 3.23. The fourth-order valence-electron chi connectivity index (χ4n) is 3.65. The first-order valence-corrected chi connectivity index (χ1v) is 10.2. The van der Waals surface area contributed by atoms with Gasteiger partial charge in [0.1, 0.15) is 0 Å². The molecule has 2 aromatic carbocycles. The van der Waals surface area contributed by atoms with E-state index in [-0.39, 0.29) is 11.8 Å². The Kier molecular flexibility index (Phi) is 5.62. The normalized spacial score (nSPS) is 15.7. The molecule has 0 bridgehead atoms. The zero-order chi connectivity index (χ0) is 20.4. The zero-order valence-electron chi connectivity index (χ0n) is 16.3. The van der Waals surface area contributed by atoms with E-state index in [2.05, 4.69) is 5.32 Å². The number of nitrogens with zero attached hydrogens (tertiary/aromatic N) is 1. The van der Waals surface area contributed by atoms with Crippen molar-refractivity contribution < 1.29 is 19.1 Å². The van der Waals surface area contributed by atoms with Crippen molar-refractivity contribution in [3.05, 3.63) is 52.0 Å². The van der Waals surface area contributed by atoms with Gasteiger partial charge in [-0.1, -0.05) is 23.7 Å². The van der Waals surface area contributed by atoms with E-state index >= 15 is 0 Å². The molecule has 1 saturated heterocycles. The molecule has 0 radical (unpaired) electrons. The number of rotatable bonds is 3. The van der Waals surface area contributed by atoms with E-state index in [0.29, 0.717) is 46.5 Å². The highest BCUT2D eigenvalue weighted by Gasteiger charge is 2.24. The molecule has 2 aromatic rings. The first-order chi connectivity index (χ1) is 14.0. The Morgan fingerprint density at radius 1 is 1.07 bits per heavy atom. The van der Waals surface area contributed by atoms with E-state index in [1.165, 1.54) is 0 Å². The predicted octanol–water partition coefficient (Wildman–Crippen LogP) is 4.30. The van der Waals surface area contributed by atoms with Gasteiger partial charge in [-0.05, 0) is 43.5 Å². The van der Waals surface area contributed by atoms with Crippen molar-refractivity contribution in [1.29, 1.82) is 0 Å². The van der Waals surface area contributed by atoms with Crippen LogP contribution in [0.4, 0.5) is 5.69 Å². The maximum atomic E-state index is 13.0. The highest BCUT2D eigenvalue weighted by Crippen LogP contribution is 2.38. The van der Waals surface area contributed by atoms with Crippen molar-refractivity contribution in [3.63, 3.8) is 0 Å². The molecule has 4 rings (SSSR count). The standard InChI is InChI=1S/C22H23ClN2O4/c1-14-6-4-7-16(22(27)25-8-2-3-9-25)19(14)24-21(26)15-12-17(23)20-18(13-15)28-10-5-11-29-20/h4,6-7,12-13H,2-3,5,8-11H2,1H3,(H,24,26). The number of amides is 2. The number of nitrogens with one attached hydrogen (secondary N) is 1. The van der Waals surface area contributed by atoms with E-state index in [1.807, 2.05) is 24.0 Å². The summed E-state index contributed by atoms with van der Waals surface area (Å²) in [5.41, 5.74) is 2.20. The Hall–Kier alpha value is -2.73. The van der Waals surface area contributed by atoms with Crippen molar-refractivity contribution in [1.82, 2.24) is 4.90 Å². The van der Waals surface area contributed by atoms with Crippen LogP contribution in [0, 0.1) is 6.92 Å². The summed E-state index contributed by atoms with van der Waals surface area (Å²) in [6, 6.07) is 8.65. The molecule has 152 valence electrons. The number of fused-ring (bicyclic) bond motifs is 1. The van der Waals surface area contributed by atoms with Crippen LogP contribution in [0.25, 0.3) is 0 Å². The van der Waals surface area contributed by atoms with Crippen LogP contribution < -0.4 is 14.8 Å². The molecule has 0 atom stereocenters. The van der Waals surface area contributed by atoms with Gasteiger partial charge in [0.15, 0.2) is 11.5 Å². The molecule has 0 aliphatic carbocycles. The maximum absolute atomic E-state index is 13.0. The Morgan fingerprint density at radius 2 is 1.83 bits per heavy atom. The third kappa shape index (κ3) is 4.03. The molecule has 2 aliphatic rings. The Morgan fingerprint density at radius 3 is 2.62 bits per heavy atom. The minimum Gasteiger partial charge on any atom is -0.489 e. The van der Waals surface area contributed by atoms with E-state index in [1.54, 1.807) is 18.2 Å². The number of anilines is 1. The summed E-state index contributed by atoms with van der Waals surface area (Å²) >= 11 is 6.32. The van der Waals surface area contributed by atoms with Gasteiger partial charge in [-0.2, -0.15) is 0 Å². The van der Waals surface area contributed by atoms with Gasteiger partial charge in [0.25, 0.3) is 11.8 Å². The minimum absolute atomic E-state index is 0.0572. The molecule has 1 fully saturated rings. The molecule has 0 spiro atoms. The number of carbonyl (C=O) groups excluding carboxylic acids is 2. The quantitative estimate of drug-likeness (QED) is 0.813. The minimum atomic E-state index is -0.354. The van der Waals surface area contributed by atoms with Crippen LogP contribution in [0.5, 0.6) is 11.5 Å². The van der Waals surface area contributed by atoms with Crippen LogP contribution in [-0.2, 0) is 0 Å². The van der Waals surface area contributed by atoms with E-state index in [4.69, 9.17) is 21.1 Å². The topological polar surface area (TPSA) is 67.9 Å². The fourth-order valence-corrected chi connectivity index (χ4v) is 3.92. The molecular formula is C22H23ClN2O4. The van der Waals surface area contributed by atoms with Gasteiger partial charge in [-0.15, -0.1) is 0 Å². The third-order valence-corrected chi connectivity index (χ3v) is 5.48. The number of benzene rings is 2. The number of carbonyl (C=O) groups is 2. The van der Waals surface area contributed by atoms with Gasteiger partial charge in [0.2, 0.25) is 0 Å². The number of hydrogen-bond donors (Lipinski definition) is 1. The first-order valence-electron chi connectivity index (χ1n) is 9.84. The molecule has 6 nitrogen and oxygen atoms in total. The Labute approximate surface area is 174 Å². The molecule has 1 N–H and O–H groups in total. The van der Waals surface area contributed by atoms with Gasteiger partial charge in [-0.25, -0.2) is 0 Å². The summed E-state index contributed by atoms with van der Waals surface area (Å²) in [5.74, 6) is 0.505. The van der Waals surface area contributed by atoms with Crippen LogP contribution >= 0.6 is 11.6 Å². The number of ether oxygens (including phenoxy) is 2. The fraction of sp³-hybridized carbons (Fsp3) is 0.364. The van der Waals surface area contributed by atoms with E-state index < -0.39 is 0 Å². The maximum Gasteiger partial charge on any atom is 0.255 e. The van der Waals surface area contributed by atoms with Crippen molar-refractivity contribution in [2.75, 3.05) is 31.6 Å². The second kappa shape index (κ2) is 8.33. The highest BCUT2D eigenvalue weighted by atomic mass is 35.5. The van der Waals surface area contributed by atoms with Gasteiger partial charge in [0, 0.05) is 25.1 Å². The van der Waals surface area contributed by atoms with Crippen LogP contribution in [-0.4, -0.2) is 43.0 Å². The average Bonchev–Trinajstić information content (AvgIpc) is 3.14. The summed E-state index contributed by atoms with van der Waals surface area (Å²) in [6.07, 6.45) is 2.77. The number of hydrogen-bond acceptors (Lipinski definition) is 4. The van der Waals surface area contributed by atoms with Crippen molar-refractivity contribution in [3.8, 4) is 11.5 Å². The monoisotopic (exact) mass is 414 g/mol. The van der Waals surface area contributed by atoms with Gasteiger partial charge in [0.05, 0.1) is 29.5 Å². The molecular weight excluding hydrogens is 392 g/mol.